The summed E-state index contributed by atoms with van der Waals surface area (Å²) in [4.78, 5) is 11.7. The summed E-state index contributed by atoms with van der Waals surface area (Å²) in [7, 11) is -3.35. The van der Waals surface area contributed by atoms with Crippen molar-refractivity contribution in [3.63, 3.8) is 0 Å². The number of hydrogen-bond acceptors (Lipinski definition) is 4. The Morgan fingerprint density at radius 3 is 2.79 bits per heavy atom. The highest BCUT2D eigenvalue weighted by Gasteiger charge is 2.26. The zero-order valence-electron chi connectivity index (χ0n) is 10.9. The molecule has 0 fully saturated rings. The van der Waals surface area contributed by atoms with Crippen LogP contribution < -0.4 is 10.1 Å². The first kappa shape index (κ1) is 13.9. The topological polar surface area (TPSA) is 72.5 Å². The van der Waals surface area contributed by atoms with E-state index in [1.165, 1.54) is 6.92 Å². The van der Waals surface area contributed by atoms with Gasteiger partial charge in [0, 0.05) is 12.7 Å². The SMILES string of the molecule is C[C@@H](C(=O)NC[C@@H]1Cc2ccccc2O1)S(C)(=O)=O. The lowest BCUT2D eigenvalue weighted by Crippen LogP contribution is -2.42. The number of sulfone groups is 1. The molecule has 0 saturated heterocycles. The molecule has 0 unspecified atom stereocenters. The molecule has 104 valence electrons. The molecule has 1 aliphatic rings. The van der Waals surface area contributed by atoms with Gasteiger partial charge in [-0.15, -0.1) is 0 Å². The van der Waals surface area contributed by atoms with Gasteiger partial charge in [-0.1, -0.05) is 18.2 Å². The van der Waals surface area contributed by atoms with E-state index in [0.29, 0.717) is 6.54 Å². The molecule has 6 heteroatoms. The van der Waals surface area contributed by atoms with E-state index in [9.17, 15) is 13.2 Å². The Morgan fingerprint density at radius 2 is 2.16 bits per heavy atom. The van der Waals surface area contributed by atoms with E-state index in [-0.39, 0.29) is 6.10 Å². The fourth-order valence-electron chi connectivity index (χ4n) is 1.92. The number of ether oxygens (including phenoxy) is 1. The summed E-state index contributed by atoms with van der Waals surface area (Å²) >= 11 is 0. The van der Waals surface area contributed by atoms with Crippen molar-refractivity contribution in [1.82, 2.24) is 5.32 Å². The summed E-state index contributed by atoms with van der Waals surface area (Å²) < 4.78 is 28.2. The Hall–Kier alpha value is -1.56. The van der Waals surface area contributed by atoms with E-state index in [1.807, 2.05) is 24.3 Å². The van der Waals surface area contributed by atoms with E-state index in [1.54, 1.807) is 0 Å². The molecule has 5 nitrogen and oxygen atoms in total. The van der Waals surface area contributed by atoms with Crippen LogP contribution in [0.1, 0.15) is 12.5 Å². The minimum Gasteiger partial charge on any atom is -0.488 e. The molecule has 2 atom stereocenters. The molecule has 1 aliphatic heterocycles. The van der Waals surface area contributed by atoms with E-state index < -0.39 is 21.0 Å². The molecule has 19 heavy (non-hydrogen) atoms. The van der Waals surface area contributed by atoms with E-state index in [4.69, 9.17) is 4.74 Å². The molecular formula is C13H17NO4S. The third-order valence-electron chi connectivity index (χ3n) is 3.23. The highest BCUT2D eigenvalue weighted by Crippen LogP contribution is 2.27. The molecule has 0 spiro atoms. The molecule has 0 aliphatic carbocycles. The quantitative estimate of drug-likeness (QED) is 0.875. The largest absolute Gasteiger partial charge is 0.488 e. The van der Waals surface area contributed by atoms with Gasteiger partial charge in [0.25, 0.3) is 0 Å². The Morgan fingerprint density at radius 1 is 1.47 bits per heavy atom. The van der Waals surface area contributed by atoms with Crippen molar-refractivity contribution in [3.05, 3.63) is 29.8 Å². The average molecular weight is 283 g/mol. The van der Waals surface area contributed by atoms with Gasteiger partial charge in [-0.2, -0.15) is 0 Å². The second-order valence-corrected chi connectivity index (χ2v) is 7.13. The molecule has 1 N–H and O–H groups in total. The number of carbonyl (C=O) groups excluding carboxylic acids is 1. The number of nitrogens with one attached hydrogen (secondary N) is 1. The average Bonchev–Trinajstić information content (AvgIpc) is 2.76. The number of amides is 1. The van der Waals surface area contributed by atoms with Crippen LogP contribution in [0.5, 0.6) is 5.75 Å². The van der Waals surface area contributed by atoms with Crippen LogP contribution in [0.4, 0.5) is 0 Å². The van der Waals surface area contributed by atoms with Crippen molar-refractivity contribution < 1.29 is 17.9 Å². The third kappa shape index (κ3) is 3.26. The van der Waals surface area contributed by atoms with Gasteiger partial charge >= 0.3 is 0 Å². The Balaban J connectivity index is 1.87. The van der Waals surface area contributed by atoms with Gasteiger partial charge in [-0.05, 0) is 18.6 Å². The Kier molecular flexibility index (Phi) is 3.80. The second-order valence-electron chi connectivity index (χ2n) is 4.77. The Labute approximate surface area is 112 Å². The van der Waals surface area contributed by atoms with Crippen molar-refractivity contribution in [2.75, 3.05) is 12.8 Å². The monoisotopic (exact) mass is 283 g/mol. The summed E-state index contributed by atoms with van der Waals surface area (Å²) in [6, 6.07) is 7.70. The molecule has 0 bridgehead atoms. The summed E-state index contributed by atoms with van der Waals surface area (Å²) in [6.07, 6.45) is 1.65. The van der Waals surface area contributed by atoms with E-state index in [2.05, 4.69) is 5.32 Å². The van der Waals surface area contributed by atoms with Crippen molar-refractivity contribution in [3.8, 4) is 5.75 Å². The number of rotatable bonds is 4. The molecule has 1 heterocycles. The van der Waals surface area contributed by atoms with Gasteiger partial charge in [0.15, 0.2) is 9.84 Å². The van der Waals surface area contributed by atoms with Crippen LogP contribution in [0, 0.1) is 0 Å². The zero-order chi connectivity index (χ0) is 14.0. The lowest BCUT2D eigenvalue weighted by atomic mass is 10.1. The Bertz CT molecular complexity index is 557. The van der Waals surface area contributed by atoms with Gasteiger partial charge < -0.3 is 10.1 Å². The number of carbonyl (C=O) groups is 1. The molecule has 2 rings (SSSR count). The maximum absolute atomic E-state index is 11.7. The molecule has 1 amide bonds. The standard InChI is InChI=1S/C13H17NO4S/c1-9(19(2,16)17)13(15)14-8-11-7-10-5-3-4-6-12(10)18-11/h3-6,9,11H,7-8H2,1-2H3,(H,14,15)/t9-,11-/m0/s1. The molecule has 1 aromatic rings. The van der Waals surface area contributed by atoms with Crippen LogP contribution in [0.3, 0.4) is 0 Å². The first-order chi connectivity index (χ1) is 8.88. The lowest BCUT2D eigenvalue weighted by molar-refractivity contribution is -0.120. The molecular weight excluding hydrogens is 266 g/mol. The van der Waals surface area contributed by atoms with Crippen molar-refractivity contribution in [2.45, 2.75) is 24.7 Å². The van der Waals surface area contributed by atoms with Crippen LogP contribution >= 0.6 is 0 Å². The zero-order valence-corrected chi connectivity index (χ0v) is 11.7. The predicted octanol–water partition coefficient (Wildman–Crippen LogP) is 0.539. The molecule has 1 aromatic carbocycles. The van der Waals surface area contributed by atoms with Gasteiger partial charge in [-0.3, -0.25) is 4.79 Å². The minimum absolute atomic E-state index is 0.131. The fourth-order valence-corrected chi connectivity index (χ4v) is 2.39. The van der Waals surface area contributed by atoms with Gasteiger partial charge in [0.2, 0.25) is 5.91 Å². The van der Waals surface area contributed by atoms with Crippen LogP contribution in [-0.4, -0.2) is 38.5 Å². The summed E-state index contributed by atoms with van der Waals surface area (Å²) in [6.45, 7) is 1.70. The minimum atomic E-state index is -3.35. The predicted molar refractivity (Wildman–Crippen MR) is 71.9 cm³/mol. The van der Waals surface area contributed by atoms with Crippen molar-refractivity contribution >= 4 is 15.7 Å². The third-order valence-corrected chi connectivity index (χ3v) is 4.73. The van der Waals surface area contributed by atoms with E-state index >= 15 is 0 Å². The van der Waals surface area contributed by atoms with Crippen LogP contribution in [0.25, 0.3) is 0 Å². The van der Waals surface area contributed by atoms with Gasteiger partial charge in [-0.25, -0.2) is 8.42 Å². The molecule has 0 aromatic heterocycles. The van der Waals surface area contributed by atoms with Crippen LogP contribution in [0.2, 0.25) is 0 Å². The van der Waals surface area contributed by atoms with Crippen molar-refractivity contribution in [2.24, 2.45) is 0 Å². The summed E-state index contributed by atoms with van der Waals surface area (Å²) in [5, 5.41) is 1.59. The number of hydrogen-bond donors (Lipinski definition) is 1. The fraction of sp³-hybridized carbons (Fsp3) is 0.462. The smallest absolute Gasteiger partial charge is 0.238 e. The second kappa shape index (κ2) is 5.21. The van der Waals surface area contributed by atoms with Crippen molar-refractivity contribution in [1.29, 1.82) is 0 Å². The number of para-hydroxylation sites is 1. The highest BCUT2D eigenvalue weighted by molar-refractivity contribution is 7.92. The molecule has 0 radical (unpaired) electrons. The first-order valence-electron chi connectivity index (χ1n) is 6.09. The normalized spacial score (nSPS) is 19.4. The maximum Gasteiger partial charge on any atom is 0.238 e. The summed E-state index contributed by atoms with van der Waals surface area (Å²) in [5.41, 5.74) is 1.11. The highest BCUT2D eigenvalue weighted by atomic mass is 32.2. The lowest BCUT2D eigenvalue weighted by Gasteiger charge is -2.14. The number of fused-ring (bicyclic) bond motifs is 1. The van der Waals surface area contributed by atoms with Crippen LogP contribution in [0.15, 0.2) is 24.3 Å². The maximum atomic E-state index is 11.7. The first-order valence-corrected chi connectivity index (χ1v) is 8.04. The summed E-state index contributed by atoms with van der Waals surface area (Å²) in [5.74, 6) is 0.347. The van der Waals surface area contributed by atoms with E-state index in [0.717, 1.165) is 24.0 Å². The van der Waals surface area contributed by atoms with Gasteiger partial charge in [0.05, 0.1) is 6.54 Å². The molecule has 0 saturated carbocycles. The number of benzene rings is 1. The van der Waals surface area contributed by atoms with Gasteiger partial charge in [0.1, 0.15) is 17.1 Å². The van der Waals surface area contributed by atoms with Crippen LogP contribution in [-0.2, 0) is 21.1 Å².